The quantitative estimate of drug-likeness (QED) is 0.603. The molecular formula is C20H16FNO6. The van der Waals surface area contributed by atoms with E-state index in [1.54, 1.807) is 25.3 Å². The fourth-order valence-electron chi connectivity index (χ4n) is 2.74. The molecule has 0 amide bonds. The van der Waals surface area contributed by atoms with Crippen LogP contribution in [0.15, 0.2) is 39.5 Å². The number of rotatable bonds is 6. The van der Waals surface area contributed by atoms with Gasteiger partial charge in [0.2, 0.25) is 12.7 Å². The highest BCUT2D eigenvalue weighted by Crippen LogP contribution is 2.38. The lowest BCUT2D eigenvalue weighted by Gasteiger charge is -2.10. The van der Waals surface area contributed by atoms with E-state index in [2.05, 4.69) is 4.98 Å². The molecule has 144 valence electrons. The summed E-state index contributed by atoms with van der Waals surface area (Å²) in [5, 5.41) is 0.0869. The Morgan fingerprint density at radius 1 is 1.18 bits per heavy atom. The van der Waals surface area contributed by atoms with Gasteiger partial charge in [-0.05, 0) is 24.3 Å². The molecule has 0 atom stereocenters. The predicted octanol–water partition coefficient (Wildman–Crippen LogP) is 3.25. The summed E-state index contributed by atoms with van der Waals surface area (Å²) in [6.07, 6.45) is 3.11. The van der Waals surface area contributed by atoms with E-state index < -0.39 is 11.4 Å². The highest BCUT2D eigenvalue weighted by molar-refractivity contribution is 5.79. The molecule has 1 aliphatic rings. The van der Waals surface area contributed by atoms with Crippen LogP contribution in [-0.2, 0) is 4.74 Å². The molecule has 4 rings (SSSR count). The standard InChI is InChI=1S/C20H16FNO6/c1-24-7-8-25-15-10-17-16(26-11-27-17)9-12(15)5-6-18-22-19-13(20(23)28-18)3-2-4-14(19)21/h2-6,9-10H,7-8,11H2,1H3/b6-5+. The zero-order valence-electron chi connectivity index (χ0n) is 14.9. The summed E-state index contributed by atoms with van der Waals surface area (Å²) in [4.78, 5) is 16.2. The number of ether oxygens (including phenoxy) is 4. The van der Waals surface area contributed by atoms with Crippen LogP contribution in [0.3, 0.4) is 0 Å². The molecule has 0 unspecified atom stereocenters. The van der Waals surface area contributed by atoms with Gasteiger partial charge in [0.05, 0.1) is 12.0 Å². The van der Waals surface area contributed by atoms with Gasteiger partial charge in [-0.1, -0.05) is 6.07 Å². The van der Waals surface area contributed by atoms with E-state index >= 15 is 0 Å². The Bertz CT molecular complexity index is 1110. The minimum absolute atomic E-state index is 0.0249. The van der Waals surface area contributed by atoms with E-state index in [-0.39, 0.29) is 23.6 Å². The maximum Gasteiger partial charge on any atom is 0.347 e. The Kier molecular flexibility index (Phi) is 4.94. The van der Waals surface area contributed by atoms with E-state index in [0.717, 1.165) is 0 Å². The first-order chi connectivity index (χ1) is 13.7. The van der Waals surface area contributed by atoms with Crippen molar-refractivity contribution in [1.29, 1.82) is 0 Å². The van der Waals surface area contributed by atoms with Crippen molar-refractivity contribution in [3.8, 4) is 17.2 Å². The van der Waals surface area contributed by atoms with Crippen molar-refractivity contribution >= 4 is 23.1 Å². The Morgan fingerprint density at radius 3 is 2.82 bits per heavy atom. The van der Waals surface area contributed by atoms with Crippen LogP contribution >= 0.6 is 0 Å². The lowest BCUT2D eigenvalue weighted by Crippen LogP contribution is -2.05. The van der Waals surface area contributed by atoms with E-state index in [1.165, 1.54) is 24.3 Å². The monoisotopic (exact) mass is 385 g/mol. The first-order valence-electron chi connectivity index (χ1n) is 8.48. The first kappa shape index (κ1) is 18.0. The summed E-state index contributed by atoms with van der Waals surface area (Å²) in [5.74, 6) is 1.06. The minimum atomic E-state index is -0.661. The van der Waals surface area contributed by atoms with E-state index in [9.17, 15) is 9.18 Å². The molecule has 0 N–H and O–H groups in total. The van der Waals surface area contributed by atoms with Crippen molar-refractivity contribution in [3.05, 3.63) is 58.0 Å². The third-order valence-corrected chi connectivity index (χ3v) is 4.08. The summed E-state index contributed by atoms with van der Waals surface area (Å²) in [6.45, 7) is 0.879. The first-order valence-corrected chi connectivity index (χ1v) is 8.48. The van der Waals surface area contributed by atoms with E-state index in [4.69, 9.17) is 23.4 Å². The molecule has 2 aromatic carbocycles. The fourth-order valence-corrected chi connectivity index (χ4v) is 2.74. The Morgan fingerprint density at radius 2 is 2.00 bits per heavy atom. The van der Waals surface area contributed by atoms with Crippen LogP contribution in [0.5, 0.6) is 17.2 Å². The van der Waals surface area contributed by atoms with Gasteiger partial charge in [-0.25, -0.2) is 14.2 Å². The molecule has 0 spiro atoms. The largest absolute Gasteiger partial charge is 0.490 e. The molecule has 1 aromatic heterocycles. The average Bonchev–Trinajstić information content (AvgIpc) is 3.14. The molecule has 0 saturated heterocycles. The number of halogens is 1. The van der Waals surface area contributed by atoms with Gasteiger partial charge >= 0.3 is 5.63 Å². The number of benzene rings is 2. The molecule has 1 aliphatic heterocycles. The summed E-state index contributed by atoms with van der Waals surface area (Å²) in [5.41, 5.74) is -0.0505. The van der Waals surface area contributed by atoms with Crippen molar-refractivity contribution in [2.75, 3.05) is 27.1 Å². The summed E-state index contributed by atoms with van der Waals surface area (Å²) < 4.78 is 40.6. The van der Waals surface area contributed by atoms with Gasteiger partial charge in [-0.2, -0.15) is 0 Å². The SMILES string of the molecule is COCCOc1cc2c(cc1/C=C/c1nc3c(F)cccc3c(=O)o1)OCO2. The molecule has 8 heteroatoms. The van der Waals surface area contributed by atoms with Crippen LogP contribution in [0, 0.1) is 5.82 Å². The zero-order valence-corrected chi connectivity index (χ0v) is 14.9. The van der Waals surface area contributed by atoms with Gasteiger partial charge in [0, 0.05) is 24.8 Å². The summed E-state index contributed by atoms with van der Waals surface area (Å²) in [7, 11) is 1.58. The normalized spacial score (nSPS) is 12.8. The van der Waals surface area contributed by atoms with Crippen LogP contribution < -0.4 is 19.8 Å². The Labute approximate surface area is 158 Å². The molecule has 3 aromatic rings. The molecule has 0 bridgehead atoms. The van der Waals surface area contributed by atoms with Crippen molar-refractivity contribution in [1.82, 2.24) is 4.98 Å². The number of para-hydroxylation sites is 1. The highest BCUT2D eigenvalue weighted by Gasteiger charge is 2.17. The van der Waals surface area contributed by atoms with Gasteiger partial charge < -0.3 is 23.4 Å². The molecular weight excluding hydrogens is 369 g/mol. The van der Waals surface area contributed by atoms with Crippen LogP contribution in [0.4, 0.5) is 4.39 Å². The van der Waals surface area contributed by atoms with Crippen molar-refractivity contribution in [3.63, 3.8) is 0 Å². The Hall–Kier alpha value is -3.39. The predicted molar refractivity (Wildman–Crippen MR) is 99.1 cm³/mol. The molecule has 0 fully saturated rings. The number of hydrogen-bond acceptors (Lipinski definition) is 7. The number of methoxy groups -OCH3 is 1. The zero-order chi connectivity index (χ0) is 19.5. The maximum atomic E-state index is 14.0. The molecule has 0 saturated carbocycles. The van der Waals surface area contributed by atoms with Gasteiger partial charge in [0.1, 0.15) is 23.7 Å². The van der Waals surface area contributed by atoms with Crippen LogP contribution in [0.1, 0.15) is 11.5 Å². The van der Waals surface area contributed by atoms with Crippen molar-refractivity contribution in [2.24, 2.45) is 0 Å². The molecule has 28 heavy (non-hydrogen) atoms. The lowest BCUT2D eigenvalue weighted by molar-refractivity contribution is 0.146. The second-order valence-electron chi connectivity index (χ2n) is 5.89. The van der Waals surface area contributed by atoms with Gasteiger partial charge in [0.15, 0.2) is 11.5 Å². The van der Waals surface area contributed by atoms with Crippen molar-refractivity contribution < 1.29 is 27.8 Å². The van der Waals surface area contributed by atoms with Crippen LogP contribution in [0.2, 0.25) is 0 Å². The fraction of sp³-hybridized carbons (Fsp3) is 0.200. The highest BCUT2D eigenvalue weighted by atomic mass is 19.1. The minimum Gasteiger partial charge on any atom is -0.490 e. The Balaban J connectivity index is 1.70. The van der Waals surface area contributed by atoms with Gasteiger partial charge in [-0.15, -0.1) is 0 Å². The second-order valence-corrected chi connectivity index (χ2v) is 5.89. The topological polar surface area (TPSA) is 80.0 Å². The van der Waals surface area contributed by atoms with E-state index in [1.807, 2.05) is 0 Å². The van der Waals surface area contributed by atoms with Crippen LogP contribution in [0.25, 0.3) is 23.1 Å². The second kappa shape index (κ2) is 7.69. The van der Waals surface area contributed by atoms with Crippen molar-refractivity contribution in [2.45, 2.75) is 0 Å². The molecule has 7 nitrogen and oxygen atoms in total. The summed E-state index contributed by atoms with van der Waals surface area (Å²) in [6, 6.07) is 7.58. The summed E-state index contributed by atoms with van der Waals surface area (Å²) >= 11 is 0. The smallest absolute Gasteiger partial charge is 0.347 e. The third-order valence-electron chi connectivity index (χ3n) is 4.08. The molecule has 2 heterocycles. The average molecular weight is 385 g/mol. The third kappa shape index (κ3) is 3.54. The van der Waals surface area contributed by atoms with Crippen LogP contribution in [-0.4, -0.2) is 32.1 Å². The molecule has 0 aliphatic carbocycles. The van der Waals surface area contributed by atoms with Gasteiger partial charge in [0.25, 0.3) is 0 Å². The number of nitrogens with zero attached hydrogens (tertiary/aromatic N) is 1. The number of fused-ring (bicyclic) bond motifs is 2. The molecule has 0 radical (unpaired) electrons. The van der Waals surface area contributed by atoms with E-state index in [0.29, 0.717) is 36.0 Å². The maximum absolute atomic E-state index is 14.0. The number of aromatic nitrogens is 1. The van der Waals surface area contributed by atoms with Gasteiger partial charge in [-0.3, -0.25) is 0 Å². The number of hydrogen-bond donors (Lipinski definition) is 0. The lowest BCUT2D eigenvalue weighted by atomic mass is 10.1.